The van der Waals surface area contributed by atoms with Crippen LogP contribution in [0, 0.1) is 0 Å². The fourth-order valence-electron chi connectivity index (χ4n) is 4.80. The van der Waals surface area contributed by atoms with E-state index in [9.17, 15) is 0 Å². The van der Waals surface area contributed by atoms with Crippen molar-refractivity contribution in [3.63, 3.8) is 0 Å². The maximum absolute atomic E-state index is 5.03. The molecule has 3 heterocycles. The second-order valence-electron chi connectivity index (χ2n) is 8.00. The maximum atomic E-state index is 5.03. The number of aromatic amines is 1. The molecule has 0 bridgehead atoms. The molecule has 6 rings (SSSR count). The third-order valence-electron chi connectivity index (χ3n) is 6.55. The van der Waals surface area contributed by atoms with Crippen LogP contribution in [0.1, 0.15) is 25.1 Å². The zero-order chi connectivity index (χ0) is 17.8. The van der Waals surface area contributed by atoms with Gasteiger partial charge in [0.1, 0.15) is 5.82 Å². The lowest BCUT2D eigenvalue weighted by atomic mass is 9.91. The van der Waals surface area contributed by atoms with Gasteiger partial charge in [-0.25, -0.2) is 4.98 Å². The molecule has 0 unspecified atom stereocenters. The minimum Gasteiger partial charge on any atom is -0.361 e. The van der Waals surface area contributed by atoms with Gasteiger partial charge in [0.2, 0.25) is 0 Å². The van der Waals surface area contributed by atoms with Gasteiger partial charge in [-0.3, -0.25) is 4.90 Å². The molecule has 136 valence electrons. The highest BCUT2D eigenvalue weighted by Crippen LogP contribution is 2.32. The van der Waals surface area contributed by atoms with Gasteiger partial charge in [-0.05, 0) is 36.6 Å². The number of aromatic nitrogens is 3. The Morgan fingerprint density at radius 2 is 1.93 bits per heavy atom. The number of para-hydroxylation sites is 1. The average Bonchev–Trinajstić information content (AvgIpc) is 3.17. The monoisotopic (exact) mass is 356 g/mol. The predicted octanol–water partition coefficient (Wildman–Crippen LogP) is 4.60. The number of hydrogen-bond acceptors (Lipinski definition) is 2. The lowest BCUT2D eigenvalue weighted by Gasteiger charge is -2.36. The summed E-state index contributed by atoms with van der Waals surface area (Å²) >= 11 is 0. The first-order valence-corrected chi connectivity index (χ1v) is 10.2. The van der Waals surface area contributed by atoms with Crippen LogP contribution >= 0.6 is 0 Å². The summed E-state index contributed by atoms with van der Waals surface area (Å²) in [5, 5.41) is 1.27. The molecule has 2 aromatic heterocycles. The van der Waals surface area contributed by atoms with E-state index < -0.39 is 0 Å². The number of H-pyrrole nitrogens is 1. The number of nitrogens with one attached hydrogen (secondary N) is 1. The Kier molecular flexibility index (Phi) is 3.41. The molecule has 2 aliphatic rings. The van der Waals surface area contributed by atoms with E-state index in [0.717, 1.165) is 37.6 Å². The summed E-state index contributed by atoms with van der Waals surface area (Å²) in [6.07, 6.45) is 7.36. The topological polar surface area (TPSA) is 36.9 Å². The largest absolute Gasteiger partial charge is 0.361 e. The van der Waals surface area contributed by atoms with Crippen LogP contribution in [0.15, 0.2) is 48.7 Å². The lowest BCUT2D eigenvalue weighted by Crippen LogP contribution is -2.41. The first kappa shape index (κ1) is 15.5. The van der Waals surface area contributed by atoms with E-state index in [4.69, 9.17) is 4.98 Å². The van der Waals surface area contributed by atoms with Gasteiger partial charge >= 0.3 is 0 Å². The zero-order valence-electron chi connectivity index (χ0n) is 15.5. The maximum Gasteiger partial charge on any atom is 0.111 e. The van der Waals surface area contributed by atoms with Gasteiger partial charge < -0.3 is 9.55 Å². The highest BCUT2D eigenvalue weighted by Gasteiger charge is 2.27. The van der Waals surface area contributed by atoms with E-state index >= 15 is 0 Å². The minimum absolute atomic E-state index is 0.828. The Balaban J connectivity index is 1.37. The summed E-state index contributed by atoms with van der Waals surface area (Å²) in [6.45, 7) is 3.38. The SMILES string of the molecule is c1ccc2c(-c3ccc4c(c3)nc3n4CCN(C4CCC4)CC3)c[nH]c2c1. The normalized spacial score (nSPS) is 18.5. The molecule has 1 aliphatic carbocycles. The number of benzene rings is 2. The number of rotatable bonds is 2. The molecule has 4 heteroatoms. The predicted molar refractivity (Wildman–Crippen MR) is 110 cm³/mol. The van der Waals surface area contributed by atoms with Gasteiger partial charge in [-0.15, -0.1) is 0 Å². The molecule has 0 radical (unpaired) electrons. The van der Waals surface area contributed by atoms with Gasteiger partial charge in [-0.1, -0.05) is 30.7 Å². The van der Waals surface area contributed by atoms with Crippen molar-refractivity contribution in [3.8, 4) is 11.1 Å². The third kappa shape index (κ3) is 2.43. The van der Waals surface area contributed by atoms with Crippen LogP contribution in [0.3, 0.4) is 0 Å². The molecular weight excluding hydrogens is 332 g/mol. The van der Waals surface area contributed by atoms with Crippen LogP contribution in [-0.4, -0.2) is 38.6 Å². The molecule has 2 aromatic carbocycles. The lowest BCUT2D eigenvalue weighted by molar-refractivity contribution is 0.130. The van der Waals surface area contributed by atoms with Gasteiger partial charge in [0, 0.05) is 54.8 Å². The highest BCUT2D eigenvalue weighted by atomic mass is 15.2. The zero-order valence-corrected chi connectivity index (χ0v) is 15.5. The van der Waals surface area contributed by atoms with Crippen LogP contribution in [0.2, 0.25) is 0 Å². The molecule has 0 saturated heterocycles. The Morgan fingerprint density at radius 3 is 2.81 bits per heavy atom. The van der Waals surface area contributed by atoms with Gasteiger partial charge in [-0.2, -0.15) is 0 Å². The van der Waals surface area contributed by atoms with E-state index in [2.05, 4.69) is 63.1 Å². The van der Waals surface area contributed by atoms with E-state index in [1.807, 2.05) is 0 Å². The van der Waals surface area contributed by atoms with Crippen molar-refractivity contribution in [2.45, 2.75) is 38.3 Å². The summed E-state index contributed by atoms with van der Waals surface area (Å²) in [6, 6.07) is 16.1. The standard InChI is InChI=1S/C23H24N4/c1-2-7-20-18(6-1)19(15-24-20)16-8-9-22-21(14-16)25-23-10-11-26(12-13-27(22)23)17-4-3-5-17/h1-2,6-9,14-15,17,24H,3-5,10-13H2. The quantitative estimate of drug-likeness (QED) is 0.570. The molecule has 1 aliphatic heterocycles. The average molecular weight is 356 g/mol. The van der Waals surface area contributed by atoms with Crippen LogP contribution in [-0.2, 0) is 13.0 Å². The van der Waals surface area contributed by atoms with Crippen molar-refractivity contribution >= 4 is 21.9 Å². The number of hydrogen-bond donors (Lipinski definition) is 1. The van der Waals surface area contributed by atoms with E-state index in [-0.39, 0.29) is 0 Å². The molecule has 1 fully saturated rings. The molecule has 4 aromatic rings. The summed E-state index contributed by atoms with van der Waals surface area (Å²) in [5.41, 5.74) is 6.09. The molecule has 1 saturated carbocycles. The van der Waals surface area contributed by atoms with E-state index in [1.165, 1.54) is 52.6 Å². The number of nitrogens with zero attached hydrogens (tertiary/aromatic N) is 3. The van der Waals surface area contributed by atoms with Crippen LogP contribution in [0.5, 0.6) is 0 Å². The van der Waals surface area contributed by atoms with Crippen LogP contribution in [0.4, 0.5) is 0 Å². The first-order chi connectivity index (χ1) is 13.4. The molecule has 0 amide bonds. The van der Waals surface area contributed by atoms with Gasteiger partial charge in [0.05, 0.1) is 11.0 Å². The number of fused-ring (bicyclic) bond motifs is 4. The summed E-state index contributed by atoms with van der Waals surface area (Å²) in [7, 11) is 0. The molecule has 0 atom stereocenters. The molecular formula is C23H24N4. The van der Waals surface area contributed by atoms with Crippen LogP contribution in [0.25, 0.3) is 33.1 Å². The van der Waals surface area contributed by atoms with Gasteiger partial charge in [0.25, 0.3) is 0 Å². The Bertz CT molecular complexity index is 1130. The second kappa shape index (κ2) is 5.96. The minimum atomic E-state index is 0.828. The Labute approximate surface area is 158 Å². The van der Waals surface area contributed by atoms with Crippen LogP contribution < -0.4 is 0 Å². The van der Waals surface area contributed by atoms with Crippen molar-refractivity contribution in [2.24, 2.45) is 0 Å². The Morgan fingerprint density at radius 1 is 1.00 bits per heavy atom. The molecule has 4 nitrogen and oxygen atoms in total. The first-order valence-electron chi connectivity index (χ1n) is 10.2. The summed E-state index contributed by atoms with van der Waals surface area (Å²) < 4.78 is 2.45. The number of imidazole rings is 1. The van der Waals surface area contributed by atoms with Gasteiger partial charge in [0.15, 0.2) is 0 Å². The summed E-state index contributed by atoms with van der Waals surface area (Å²) in [4.78, 5) is 11.1. The Hall–Kier alpha value is -2.59. The van der Waals surface area contributed by atoms with E-state index in [1.54, 1.807) is 0 Å². The molecule has 1 N–H and O–H groups in total. The van der Waals surface area contributed by atoms with Crippen molar-refractivity contribution in [3.05, 3.63) is 54.5 Å². The fraction of sp³-hybridized carbons (Fsp3) is 0.348. The smallest absolute Gasteiger partial charge is 0.111 e. The van der Waals surface area contributed by atoms with E-state index in [0.29, 0.717) is 0 Å². The fourth-order valence-corrected chi connectivity index (χ4v) is 4.80. The van der Waals surface area contributed by atoms with Crippen molar-refractivity contribution in [2.75, 3.05) is 13.1 Å². The van der Waals surface area contributed by atoms with Crippen molar-refractivity contribution < 1.29 is 0 Å². The van der Waals surface area contributed by atoms with Crippen molar-refractivity contribution in [1.82, 2.24) is 19.4 Å². The summed E-state index contributed by atoms with van der Waals surface area (Å²) in [5.74, 6) is 1.25. The molecule has 27 heavy (non-hydrogen) atoms. The molecule has 0 spiro atoms. The third-order valence-corrected chi connectivity index (χ3v) is 6.55. The highest BCUT2D eigenvalue weighted by molar-refractivity contribution is 5.97. The second-order valence-corrected chi connectivity index (χ2v) is 8.00. The van der Waals surface area contributed by atoms with Crippen molar-refractivity contribution in [1.29, 1.82) is 0 Å².